The number of fused-ring (bicyclic) bond motifs is 1. The number of hydrogen-bond acceptors (Lipinski definition) is 4. The first-order valence-corrected chi connectivity index (χ1v) is 11.2. The molecule has 25 heavy (non-hydrogen) atoms. The van der Waals surface area contributed by atoms with Crippen molar-refractivity contribution in [3.8, 4) is 0 Å². The molecule has 5 heteroatoms. The van der Waals surface area contributed by atoms with Gasteiger partial charge in [-0.05, 0) is 72.5 Å². The minimum Gasteiger partial charge on any atom is -0.380 e. The van der Waals surface area contributed by atoms with Crippen LogP contribution in [0.15, 0.2) is 16.8 Å². The molecule has 136 valence electrons. The van der Waals surface area contributed by atoms with Crippen molar-refractivity contribution < 1.29 is 4.63 Å². The van der Waals surface area contributed by atoms with Crippen LogP contribution in [0.4, 0.5) is 5.69 Å². The minimum atomic E-state index is 0.554. The molecular weight excluding hydrogens is 425 g/mol. The predicted octanol–water partition coefficient (Wildman–Crippen LogP) is 6.21. The van der Waals surface area contributed by atoms with E-state index in [4.69, 9.17) is 4.63 Å². The van der Waals surface area contributed by atoms with Crippen LogP contribution in [-0.4, -0.2) is 20.3 Å². The molecule has 2 saturated carbocycles. The third kappa shape index (κ3) is 4.29. The first-order valence-electron chi connectivity index (χ1n) is 9.96. The lowest BCUT2D eigenvalue weighted by atomic mass is 9.85. The van der Waals surface area contributed by atoms with E-state index >= 15 is 0 Å². The van der Waals surface area contributed by atoms with Crippen molar-refractivity contribution in [1.82, 2.24) is 10.3 Å². The zero-order chi connectivity index (χ0) is 17.1. The SMILES string of the molecule is I[C@H]1CC[C@@H](Nc2cc(C3CCCCCCC3)cc3nonc23)CC1. The third-order valence-electron chi connectivity index (χ3n) is 5.98. The van der Waals surface area contributed by atoms with E-state index in [9.17, 15) is 0 Å². The predicted molar refractivity (Wildman–Crippen MR) is 111 cm³/mol. The van der Waals surface area contributed by atoms with Crippen LogP contribution in [-0.2, 0) is 0 Å². The van der Waals surface area contributed by atoms with Crippen molar-refractivity contribution in [1.29, 1.82) is 0 Å². The molecule has 1 N–H and O–H groups in total. The maximum atomic E-state index is 5.06. The second kappa shape index (κ2) is 8.23. The van der Waals surface area contributed by atoms with Gasteiger partial charge < -0.3 is 5.32 Å². The summed E-state index contributed by atoms with van der Waals surface area (Å²) in [6.45, 7) is 0. The van der Waals surface area contributed by atoms with Gasteiger partial charge in [0.25, 0.3) is 0 Å². The van der Waals surface area contributed by atoms with Crippen LogP contribution in [0.1, 0.15) is 82.1 Å². The zero-order valence-electron chi connectivity index (χ0n) is 14.8. The van der Waals surface area contributed by atoms with Crippen LogP contribution in [0.3, 0.4) is 0 Å². The average Bonchev–Trinajstić information content (AvgIpc) is 3.05. The molecule has 2 fully saturated rings. The molecule has 0 atom stereocenters. The van der Waals surface area contributed by atoms with E-state index in [0.29, 0.717) is 12.0 Å². The first-order chi connectivity index (χ1) is 12.3. The van der Waals surface area contributed by atoms with Crippen LogP contribution in [0, 0.1) is 0 Å². The topological polar surface area (TPSA) is 51.0 Å². The molecule has 2 aromatic rings. The van der Waals surface area contributed by atoms with Gasteiger partial charge in [-0.1, -0.05) is 54.7 Å². The molecule has 1 aromatic heterocycles. The van der Waals surface area contributed by atoms with Crippen LogP contribution in [0.2, 0.25) is 0 Å². The Balaban J connectivity index is 1.58. The normalized spacial score (nSPS) is 26.3. The number of hydrogen-bond donors (Lipinski definition) is 1. The molecule has 0 bridgehead atoms. The van der Waals surface area contributed by atoms with E-state index < -0.39 is 0 Å². The van der Waals surface area contributed by atoms with Crippen molar-refractivity contribution in [2.24, 2.45) is 0 Å². The summed E-state index contributed by atoms with van der Waals surface area (Å²) in [5, 5.41) is 12.1. The van der Waals surface area contributed by atoms with E-state index in [2.05, 4.69) is 50.4 Å². The summed E-state index contributed by atoms with van der Waals surface area (Å²) in [7, 11) is 0. The monoisotopic (exact) mass is 453 g/mol. The Morgan fingerprint density at radius 3 is 2.36 bits per heavy atom. The molecule has 4 nitrogen and oxygen atoms in total. The lowest BCUT2D eigenvalue weighted by Crippen LogP contribution is -2.26. The maximum Gasteiger partial charge on any atom is 0.158 e. The fourth-order valence-corrected chi connectivity index (χ4v) is 5.18. The summed E-state index contributed by atoms with van der Waals surface area (Å²) >= 11 is 2.59. The van der Waals surface area contributed by atoms with Crippen LogP contribution < -0.4 is 5.32 Å². The van der Waals surface area contributed by atoms with Gasteiger partial charge in [0.05, 0.1) is 5.69 Å². The number of halogens is 1. The molecule has 1 aromatic carbocycles. The third-order valence-corrected chi connectivity index (χ3v) is 7.22. The Labute approximate surface area is 163 Å². The summed E-state index contributed by atoms with van der Waals surface area (Å²) in [6, 6.07) is 5.11. The Morgan fingerprint density at radius 1 is 0.880 bits per heavy atom. The number of nitrogens with zero attached hydrogens (tertiary/aromatic N) is 2. The second-order valence-corrected chi connectivity index (χ2v) is 9.60. The minimum absolute atomic E-state index is 0.554. The molecule has 0 aliphatic heterocycles. The molecule has 2 aliphatic rings. The molecule has 1 heterocycles. The lowest BCUT2D eigenvalue weighted by Gasteiger charge is -2.27. The quantitative estimate of drug-likeness (QED) is 0.444. The largest absolute Gasteiger partial charge is 0.380 e. The number of nitrogens with one attached hydrogen (secondary N) is 1. The molecule has 2 aliphatic carbocycles. The van der Waals surface area contributed by atoms with Gasteiger partial charge >= 0.3 is 0 Å². The van der Waals surface area contributed by atoms with Gasteiger partial charge in [-0.3, -0.25) is 0 Å². The van der Waals surface area contributed by atoms with E-state index in [1.165, 1.54) is 76.2 Å². The van der Waals surface area contributed by atoms with Crippen LogP contribution >= 0.6 is 22.6 Å². The summed E-state index contributed by atoms with van der Waals surface area (Å²) in [5.74, 6) is 0.659. The Morgan fingerprint density at radius 2 is 1.60 bits per heavy atom. The van der Waals surface area contributed by atoms with Crippen molar-refractivity contribution in [3.63, 3.8) is 0 Å². The highest BCUT2D eigenvalue weighted by atomic mass is 127. The molecule has 0 saturated heterocycles. The van der Waals surface area contributed by atoms with Gasteiger partial charge in [0, 0.05) is 9.97 Å². The summed E-state index contributed by atoms with van der Waals surface area (Å²) in [4.78, 5) is 0. The molecule has 0 amide bonds. The number of aromatic nitrogens is 2. The highest BCUT2D eigenvalue weighted by Gasteiger charge is 2.22. The van der Waals surface area contributed by atoms with Gasteiger partial charge in [0.1, 0.15) is 5.52 Å². The number of rotatable bonds is 3. The second-order valence-electron chi connectivity index (χ2n) is 7.84. The Bertz CT molecular complexity index is 685. The van der Waals surface area contributed by atoms with E-state index in [-0.39, 0.29) is 0 Å². The van der Waals surface area contributed by atoms with Gasteiger partial charge in [0.2, 0.25) is 0 Å². The van der Waals surface area contributed by atoms with Crippen molar-refractivity contribution >= 4 is 39.3 Å². The van der Waals surface area contributed by atoms with E-state index in [0.717, 1.165) is 20.6 Å². The summed E-state index contributed by atoms with van der Waals surface area (Å²) < 4.78 is 5.90. The highest BCUT2D eigenvalue weighted by molar-refractivity contribution is 14.1. The van der Waals surface area contributed by atoms with E-state index in [1.54, 1.807) is 0 Å². The summed E-state index contributed by atoms with van der Waals surface area (Å²) in [5.41, 5.74) is 4.36. The number of anilines is 1. The van der Waals surface area contributed by atoms with Crippen molar-refractivity contribution in [2.45, 2.75) is 86.5 Å². The molecule has 0 unspecified atom stereocenters. The number of benzene rings is 1. The lowest BCUT2D eigenvalue weighted by molar-refractivity contribution is 0.315. The van der Waals surface area contributed by atoms with Gasteiger partial charge in [-0.2, -0.15) is 0 Å². The molecule has 0 spiro atoms. The fraction of sp³-hybridized carbons (Fsp3) is 0.700. The van der Waals surface area contributed by atoms with Crippen LogP contribution in [0.25, 0.3) is 11.0 Å². The highest BCUT2D eigenvalue weighted by Crippen LogP contribution is 2.36. The van der Waals surface area contributed by atoms with Crippen LogP contribution in [0.5, 0.6) is 0 Å². The Kier molecular flexibility index (Phi) is 5.78. The van der Waals surface area contributed by atoms with Gasteiger partial charge in [-0.15, -0.1) is 0 Å². The Hall–Kier alpha value is -0.850. The average molecular weight is 453 g/mol. The van der Waals surface area contributed by atoms with Gasteiger partial charge in [-0.25, -0.2) is 4.63 Å². The summed E-state index contributed by atoms with van der Waals surface area (Å²) in [6.07, 6.45) is 14.6. The maximum absolute atomic E-state index is 5.06. The van der Waals surface area contributed by atoms with Crippen molar-refractivity contribution in [3.05, 3.63) is 17.7 Å². The van der Waals surface area contributed by atoms with Crippen molar-refractivity contribution in [2.75, 3.05) is 5.32 Å². The molecule has 4 rings (SSSR count). The number of alkyl halides is 1. The van der Waals surface area contributed by atoms with E-state index in [1.807, 2.05) is 0 Å². The smallest absolute Gasteiger partial charge is 0.158 e. The molecule has 0 radical (unpaired) electrons. The van der Waals surface area contributed by atoms with Gasteiger partial charge in [0.15, 0.2) is 5.52 Å². The first kappa shape index (κ1) is 17.6. The standard InChI is InChI=1S/C20H28IN3O/c21-16-8-10-17(11-9-16)22-18-12-15(13-19-20(18)24-25-23-19)14-6-4-2-1-3-5-7-14/h12-14,16-17,22H,1-11H2/t16-,17+. The fourth-order valence-electron chi connectivity index (χ4n) is 4.46. The molecular formula is C20H28IN3O. The zero-order valence-corrected chi connectivity index (χ0v) is 17.0.